The van der Waals surface area contributed by atoms with Crippen molar-refractivity contribution < 1.29 is 0 Å². The van der Waals surface area contributed by atoms with Gasteiger partial charge in [-0.2, -0.15) is 0 Å². The highest BCUT2D eigenvalue weighted by Gasteiger charge is 2.06. The lowest BCUT2D eigenvalue weighted by Gasteiger charge is -2.09. The van der Waals surface area contributed by atoms with Crippen LogP contribution in [0.5, 0.6) is 0 Å². The minimum Gasteiger partial charge on any atom is -0.324 e. The van der Waals surface area contributed by atoms with Gasteiger partial charge in [-0.05, 0) is 18.2 Å². The largest absolute Gasteiger partial charge is 0.324 e. The van der Waals surface area contributed by atoms with Crippen LogP contribution < -0.4 is 5.32 Å². The molecule has 0 spiro atoms. The van der Waals surface area contributed by atoms with Crippen LogP contribution in [0.2, 0.25) is 0 Å². The second-order valence-electron chi connectivity index (χ2n) is 4.49. The second kappa shape index (κ2) is 5.53. The number of para-hydroxylation sites is 2. The standard InChI is InChI=1S/C17H15N3/c1-2-8-15-14-11-6-7-12-16(14)20-17(19-15)18-13-9-4-3-5-10-13/h2-7,9-12H,1,8H2,(H,18,19,20). The van der Waals surface area contributed by atoms with Gasteiger partial charge in [-0.1, -0.05) is 42.5 Å². The van der Waals surface area contributed by atoms with E-state index >= 15 is 0 Å². The van der Waals surface area contributed by atoms with Gasteiger partial charge in [-0.25, -0.2) is 9.97 Å². The Kier molecular flexibility index (Phi) is 3.42. The molecule has 1 N–H and O–H groups in total. The summed E-state index contributed by atoms with van der Waals surface area (Å²) in [5.74, 6) is 0.617. The van der Waals surface area contributed by atoms with Gasteiger partial charge in [0.05, 0.1) is 11.2 Å². The van der Waals surface area contributed by atoms with Gasteiger partial charge in [0.15, 0.2) is 0 Å². The number of hydrogen-bond donors (Lipinski definition) is 1. The molecule has 0 fully saturated rings. The van der Waals surface area contributed by atoms with Gasteiger partial charge in [0, 0.05) is 17.5 Å². The van der Waals surface area contributed by atoms with E-state index in [4.69, 9.17) is 0 Å². The molecule has 0 saturated carbocycles. The van der Waals surface area contributed by atoms with Crippen LogP contribution >= 0.6 is 0 Å². The van der Waals surface area contributed by atoms with E-state index in [2.05, 4.69) is 21.9 Å². The van der Waals surface area contributed by atoms with Gasteiger partial charge in [0.2, 0.25) is 5.95 Å². The number of benzene rings is 2. The summed E-state index contributed by atoms with van der Waals surface area (Å²) in [6.45, 7) is 3.80. The third kappa shape index (κ3) is 2.52. The van der Waals surface area contributed by atoms with Gasteiger partial charge in [0.1, 0.15) is 0 Å². The van der Waals surface area contributed by atoms with Crippen LogP contribution in [0.15, 0.2) is 67.3 Å². The summed E-state index contributed by atoms with van der Waals surface area (Å²) in [5.41, 5.74) is 2.91. The van der Waals surface area contributed by atoms with Crippen molar-refractivity contribution in [1.82, 2.24) is 9.97 Å². The molecule has 3 nitrogen and oxygen atoms in total. The van der Waals surface area contributed by atoms with Gasteiger partial charge in [0.25, 0.3) is 0 Å². The number of aromatic nitrogens is 2. The smallest absolute Gasteiger partial charge is 0.228 e. The van der Waals surface area contributed by atoms with Gasteiger partial charge in [-0.15, -0.1) is 6.58 Å². The highest BCUT2D eigenvalue weighted by molar-refractivity contribution is 5.82. The maximum absolute atomic E-state index is 4.59. The predicted molar refractivity (Wildman–Crippen MR) is 83.2 cm³/mol. The van der Waals surface area contributed by atoms with E-state index < -0.39 is 0 Å². The lowest BCUT2D eigenvalue weighted by atomic mass is 10.1. The number of hydrogen-bond acceptors (Lipinski definition) is 3. The Bertz CT molecular complexity index is 736. The topological polar surface area (TPSA) is 37.8 Å². The van der Waals surface area contributed by atoms with Crippen molar-refractivity contribution in [3.8, 4) is 0 Å². The summed E-state index contributed by atoms with van der Waals surface area (Å²) in [7, 11) is 0. The molecule has 0 saturated heterocycles. The number of anilines is 2. The van der Waals surface area contributed by atoms with Crippen molar-refractivity contribution in [1.29, 1.82) is 0 Å². The quantitative estimate of drug-likeness (QED) is 0.718. The van der Waals surface area contributed by atoms with Crippen LogP contribution in [0.1, 0.15) is 5.69 Å². The summed E-state index contributed by atoms with van der Waals surface area (Å²) in [6, 6.07) is 18.0. The van der Waals surface area contributed by atoms with Gasteiger partial charge >= 0.3 is 0 Å². The van der Waals surface area contributed by atoms with Crippen molar-refractivity contribution in [2.24, 2.45) is 0 Å². The molecule has 0 unspecified atom stereocenters. The number of nitrogens with zero attached hydrogens (tertiary/aromatic N) is 2. The second-order valence-corrected chi connectivity index (χ2v) is 4.49. The zero-order chi connectivity index (χ0) is 13.8. The first-order valence-corrected chi connectivity index (χ1v) is 6.55. The van der Waals surface area contributed by atoms with Crippen molar-refractivity contribution in [3.05, 3.63) is 72.9 Å². The molecule has 98 valence electrons. The maximum Gasteiger partial charge on any atom is 0.228 e. The van der Waals surface area contributed by atoms with Crippen molar-refractivity contribution >= 4 is 22.5 Å². The minimum absolute atomic E-state index is 0.617. The monoisotopic (exact) mass is 261 g/mol. The first-order valence-electron chi connectivity index (χ1n) is 6.55. The van der Waals surface area contributed by atoms with Crippen LogP contribution in [0.4, 0.5) is 11.6 Å². The third-order valence-corrected chi connectivity index (χ3v) is 3.05. The SMILES string of the molecule is C=CCc1nc(Nc2ccccc2)nc2ccccc12. The highest BCUT2D eigenvalue weighted by Crippen LogP contribution is 2.20. The molecule has 3 aromatic rings. The van der Waals surface area contributed by atoms with E-state index in [0.29, 0.717) is 5.95 Å². The molecule has 0 aliphatic rings. The predicted octanol–water partition coefficient (Wildman–Crippen LogP) is 4.10. The Hall–Kier alpha value is -2.68. The van der Waals surface area contributed by atoms with E-state index in [0.717, 1.165) is 28.7 Å². The van der Waals surface area contributed by atoms with E-state index in [1.54, 1.807) is 0 Å². The molecule has 20 heavy (non-hydrogen) atoms. The molecule has 2 aromatic carbocycles. The van der Waals surface area contributed by atoms with Crippen LogP contribution in [-0.2, 0) is 6.42 Å². The summed E-state index contributed by atoms with van der Waals surface area (Å²) in [4.78, 5) is 9.15. The summed E-state index contributed by atoms with van der Waals surface area (Å²) >= 11 is 0. The molecule has 0 radical (unpaired) electrons. The zero-order valence-corrected chi connectivity index (χ0v) is 11.1. The fourth-order valence-electron chi connectivity index (χ4n) is 2.14. The van der Waals surface area contributed by atoms with Crippen LogP contribution in [0, 0.1) is 0 Å². The summed E-state index contributed by atoms with van der Waals surface area (Å²) < 4.78 is 0. The third-order valence-electron chi connectivity index (χ3n) is 3.05. The Morgan fingerprint density at radius 1 is 0.950 bits per heavy atom. The molecule has 0 aliphatic carbocycles. The molecule has 3 rings (SSSR count). The number of fused-ring (bicyclic) bond motifs is 1. The number of nitrogens with one attached hydrogen (secondary N) is 1. The average Bonchev–Trinajstić information content (AvgIpc) is 2.49. The summed E-state index contributed by atoms with van der Waals surface area (Å²) in [5, 5.41) is 4.31. The zero-order valence-electron chi connectivity index (χ0n) is 11.1. The Morgan fingerprint density at radius 3 is 2.50 bits per heavy atom. The molecule has 0 atom stereocenters. The normalized spacial score (nSPS) is 10.4. The molecule has 0 aliphatic heterocycles. The maximum atomic E-state index is 4.59. The number of rotatable bonds is 4. The lowest BCUT2D eigenvalue weighted by molar-refractivity contribution is 1.10. The van der Waals surface area contributed by atoms with E-state index in [-0.39, 0.29) is 0 Å². The van der Waals surface area contributed by atoms with Crippen LogP contribution in [0.3, 0.4) is 0 Å². The first-order chi connectivity index (χ1) is 9.86. The van der Waals surface area contributed by atoms with E-state index in [1.165, 1.54) is 0 Å². The fraction of sp³-hybridized carbons (Fsp3) is 0.0588. The van der Waals surface area contributed by atoms with E-state index in [9.17, 15) is 0 Å². The van der Waals surface area contributed by atoms with Crippen molar-refractivity contribution in [3.63, 3.8) is 0 Å². The average molecular weight is 261 g/mol. The van der Waals surface area contributed by atoms with Crippen LogP contribution in [-0.4, -0.2) is 9.97 Å². The fourth-order valence-corrected chi connectivity index (χ4v) is 2.14. The van der Waals surface area contributed by atoms with Crippen LogP contribution in [0.25, 0.3) is 10.9 Å². The summed E-state index contributed by atoms with van der Waals surface area (Å²) in [6.07, 6.45) is 2.59. The molecular weight excluding hydrogens is 246 g/mol. The molecular formula is C17H15N3. The Balaban J connectivity index is 2.05. The molecule has 0 amide bonds. The minimum atomic E-state index is 0.617. The van der Waals surface area contributed by atoms with Gasteiger partial charge < -0.3 is 5.32 Å². The Labute approximate surface area is 118 Å². The van der Waals surface area contributed by atoms with Crippen molar-refractivity contribution in [2.45, 2.75) is 6.42 Å². The highest BCUT2D eigenvalue weighted by atomic mass is 15.1. The Morgan fingerprint density at radius 2 is 1.70 bits per heavy atom. The molecule has 0 bridgehead atoms. The van der Waals surface area contributed by atoms with Crippen molar-refractivity contribution in [2.75, 3.05) is 5.32 Å². The lowest BCUT2D eigenvalue weighted by Crippen LogP contribution is -2.01. The first kappa shape index (κ1) is 12.4. The van der Waals surface area contributed by atoms with E-state index in [1.807, 2.05) is 60.7 Å². The van der Waals surface area contributed by atoms with Gasteiger partial charge in [-0.3, -0.25) is 0 Å². The molecule has 3 heteroatoms. The number of allylic oxidation sites excluding steroid dienone is 1. The molecule has 1 heterocycles. The molecule has 1 aromatic heterocycles.